The lowest BCUT2D eigenvalue weighted by atomic mass is 10.0. The van der Waals surface area contributed by atoms with Crippen LogP contribution in [0.5, 0.6) is 0 Å². The first-order valence-electron chi connectivity index (χ1n) is 12.0. The number of nitriles is 1. The number of aromatic nitrogens is 4. The molecule has 0 aliphatic carbocycles. The van der Waals surface area contributed by atoms with Crippen LogP contribution < -0.4 is 10.6 Å². The fourth-order valence-corrected chi connectivity index (χ4v) is 4.62. The molecule has 5 rings (SSSR count). The second kappa shape index (κ2) is 9.72. The van der Waals surface area contributed by atoms with Gasteiger partial charge in [-0.05, 0) is 76.2 Å². The molecule has 4 aromatic rings. The lowest BCUT2D eigenvalue weighted by Crippen LogP contribution is -2.36. The average molecular weight is 467 g/mol. The molecule has 1 aliphatic heterocycles. The highest BCUT2D eigenvalue weighted by Gasteiger charge is 2.18. The second-order valence-corrected chi connectivity index (χ2v) is 9.31. The number of fused-ring (bicyclic) bond motifs is 1. The number of pyridine rings is 1. The minimum absolute atomic E-state index is 0.0144. The molecule has 4 heterocycles. The first-order valence-corrected chi connectivity index (χ1v) is 12.0. The van der Waals surface area contributed by atoms with E-state index in [1.165, 1.54) is 0 Å². The van der Waals surface area contributed by atoms with Crippen molar-refractivity contribution in [3.63, 3.8) is 0 Å². The zero-order valence-corrected chi connectivity index (χ0v) is 20.4. The molecule has 178 valence electrons. The Labute approximate surface area is 205 Å². The van der Waals surface area contributed by atoms with Gasteiger partial charge in [0.1, 0.15) is 17.4 Å². The van der Waals surface area contributed by atoms with Crippen molar-refractivity contribution in [1.82, 2.24) is 24.3 Å². The van der Waals surface area contributed by atoms with Gasteiger partial charge >= 0.3 is 0 Å². The van der Waals surface area contributed by atoms with Crippen LogP contribution in [0.4, 0.5) is 11.6 Å². The third-order valence-corrected chi connectivity index (χ3v) is 6.70. The number of likely N-dealkylation sites (tertiary alicyclic amines) is 1. The molecule has 1 atom stereocenters. The maximum absolute atomic E-state index is 9.68. The van der Waals surface area contributed by atoms with Crippen molar-refractivity contribution in [2.45, 2.75) is 38.8 Å². The highest BCUT2D eigenvalue weighted by Crippen LogP contribution is 2.26. The highest BCUT2D eigenvalue weighted by atomic mass is 15.1. The average Bonchev–Trinajstić information content (AvgIpc) is 3.31. The molecule has 1 aliphatic rings. The maximum Gasteiger partial charge on any atom is 0.223 e. The molecule has 2 N–H and O–H groups in total. The smallest absolute Gasteiger partial charge is 0.223 e. The Balaban J connectivity index is 1.37. The van der Waals surface area contributed by atoms with Gasteiger partial charge in [-0.15, -0.1) is 0 Å². The molecule has 0 radical (unpaired) electrons. The molecule has 0 bridgehead atoms. The SMILES string of the molecule is Cc1cccn2c(-c3nc(N[C@@H](C)c4cccc(NC5CCN(C)CC5)c4)ncc3C#N)cnc12. The van der Waals surface area contributed by atoms with Gasteiger partial charge in [-0.2, -0.15) is 5.26 Å². The van der Waals surface area contributed by atoms with Gasteiger partial charge in [0.15, 0.2) is 0 Å². The number of nitrogens with zero attached hydrogens (tertiary/aromatic N) is 6. The van der Waals surface area contributed by atoms with Crippen molar-refractivity contribution < 1.29 is 0 Å². The van der Waals surface area contributed by atoms with Crippen molar-refractivity contribution in [1.29, 1.82) is 5.26 Å². The number of hydrogen-bond donors (Lipinski definition) is 2. The number of anilines is 2. The fraction of sp³-hybridized carbons (Fsp3) is 0.333. The molecule has 35 heavy (non-hydrogen) atoms. The molecule has 0 amide bonds. The van der Waals surface area contributed by atoms with Gasteiger partial charge in [-0.3, -0.25) is 4.40 Å². The Hall–Kier alpha value is -3.96. The van der Waals surface area contributed by atoms with Gasteiger partial charge in [-0.1, -0.05) is 18.2 Å². The molecule has 8 heteroatoms. The van der Waals surface area contributed by atoms with Gasteiger partial charge in [-0.25, -0.2) is 15.0 Å². The summed E-state index contributed by atoms with van der Waals surface area (Å²) < 4.78 is 1.96. The Kier molecular flexibility index (Phi) is 6.34. The van der Waals surface area contributed by atoms with E-state index in [-0.39, 0.29) is 6.04 Å². The highest BCUT2D eigenvalue weighted by molar-refractivity contribution is 5.68. The standard InChI is InChI=1S/C27H30N8/c1-18-6-5-11-35-24(17-29-26(18)35)25-21(15-28)16-30-27(33-25)31-19(2)20-7-4-8-23(14-20)32-22-9-12-34(3)13-10-22/h4-8,11,14,16-17,19,22,32H,9-10,12-13H2,1-3H3,(H,30,31,33)/t19-/m0/s1. The molecule has 0 unspecified atom stereocenters. The van der Waals surface area contributed by atoms with Crippen LogP contribution in [0.1, 0.15) is 42.5 Å². The minimum atomic E-state index is -0.0144. The zero-order chi connectivity index (χ0) is 24.4. The lowest BCUT2D eigenvalue weighted by Gasteiger charge is -2.30. The van der Waals surface area contributed by atoms with Crippen molar-refractivity contribution >= 4 is 17.3 Å². The number of imidazole rings is 1. The van der Waals surface area contributed by atoms with Crippen LogP contribution in [0.2, 0.25) is 0 Å². The Morgan fingerprint density at radius 2 is 1.94 bits per heavy atom. The van der Waals surface area contributed by atoms with E-state index in [1.54, 1.807) is 12.4 Å². The fourth-order valence-electron chi connectivity index (χ4n) is 4.62. The third-order valence-electron chi connectivity index (χ3n) is 6.70. The molecule has 8 nitrogen and oxygen atoms in total. The molecule has 1 aromatic carbocycles. The number of aryl methyl sites for hydroxylation is 1. The first-order chi connectivity index (χ1) is 17.0. The Bertz CT molecular complexity index is 1380. The van der Waals surface area contributed by atoms with E-state index < -0.39 is 0 Å². The molecule has 0 saturated carbocycles. The number of benzene rings is 1. The number of nitrogens with one attached hydrogen (secondary N) is 2. The van der Waals surface area contributed by atoms with Crippen LogP contribution in [-0.4, -0.2) is 50.4 Å². The number of piperidine rings is 1. The van der Waals surface area contributed by atoms with Gasteiger partial charge < -0.3 is 15.5 Å². The van der Waals surface area contributed by atoms with Crippen molar-refractivity contribution in [3.05, 3.63) is 71.7 Å². The van der Waals surface area contributed by atoms with E-state index in [0.717, 1.165) is 54.1 Å². The van der Waals surface area contributed by atoms with E-state index in [4.69, 9.17) is 4.98 Å². The molecule has 1 saturated heterocycles. The summed E-state index contributed by atoms with van der Waals surface area (Å²) in [7, 11) is 2.18. The zero-order valence-electron chi connectivity index (χ0n) is 20.4. The van der Waals surface area contributed by atoms with Crippen LogP contribution in [0.15, 0.2) is 55.0 Å². The van der Waals surface area contributed by atoms with Crippen LogP contribution in [-0.2, 0) is 0 Å². The van der Waals surface area contributed by atoms with E-state index in [1.807, 2.05) is 29.7 Å². The summed E-state index contributed by atoms with van der Waals surface area (Å²) in [5.41, 5.74) is 5.93. The van der Waals surface area contributed by atoms with Gasteiger partial charge in [0.2, 0.25) is 5.95 Å². The van der Waals surface area contributed by atoms with E-state index >= 15 is 0 Å². The van der Waals surface area contributed by atoms with Gasteiger partial charge in [0, 0.05) is 17.9 Å². The van der Waals surface area contributed by atoms with Crippen molar-refractivity contribution in [2.75, 3.05) is 30.8 Å². The van der Waals surface area contributed by atoms with Crippen molar-refractivity contribution in [2.24, 2.45) is 0 Å². The largest absolute Gasteiger partial charge is 0.382 e. The van der Waals surface area contributed by atoms with Crippen LogP contribution in [0.25, 0.3) is 17.0 Å². The maximum atomic E-state index is 9.68. The molecular weight excluding hydrogens is 436 g/mol. The van der Waals surface area contributed by atoms with Gasteiger partial charge in [0.05, 0.1) is 29.7 Å². The minimum Gasteiger partial charge on any atom is -0.382 e. The van der Waals surface area contributed by atoms with Gasteiger partial charge in [0.25, 0.3) is 0 Å². The predicted octanol–water partition coefficient (Wildman–Crippen LogP) is 4.65. The summed E-state index contributed by atoms with van der Waals surface area (Å²) in [6.45, 7) is 6.36. The monoisotopic (exact) mass is 466 g/mol. The van der Waals surface area contributed by atoms with Crippen LogP contribution >= 0.6 is 0 Å². The molecule has 0 spiro atoms. The molecule has 3 aromatic heterocycles. The van der Waals surface area contributed by atoms with Crippen LogP contribution in [0, 0.1) is 18.3 Å². The first kappa shape index (κ1) is 22.8. The Morgan fingerprint density at radius 1 is 1.11 bits per heavy atom. The summed E-state index contributed by atoms with van der Waals surface area (Å²) in [6.07, 6.45) is 7.58. The lowest BCUT2D eigenvalue weighted by molar-refractivity contribution is 0.264. The number of rotatable bonds is 6. The topological polar surface area (TPSA) is 94.2 Å². The summed E-state index contributed by atoms with van der Waals surface area (Å²) in [6, 6.07) is 15.2. The van der Waals surface area contributed by atoms with E-state index in [9.17, 15) is 5.26 Å². The number of hydrogen-bond acceptors (Lipinski definition) is 7. The van der Waals surface area contributed by atoms with Crippen LogP contribution in [0.3, 0.4) is 0 Å². The normalized spacial score (nSPS) is 15.6. The Morgan fingerprint density at radius 3 is 2.74 bits per heavy atom. The quantitative estimate of drug-likeness (QED) is 0.427. The predicted molar refractivity (Wildman–Crippen MR) is 138 cm³/mol. The third kappa shape index (κ3) is 4.81. The van der Waals surface area contributed by atoms with Crippen molar-refractivity contribution in [3.8, 4) is 17.5 Å². The summed E-state index contributed by atoms with van der Waals surface area (Å²) in [5, 5.41) is 16.8. The van der Waals surface area contributed by atoms with E-state index in [2.05, 4.69) is 69.8 Å². The summed E-state index contributed by atoms with van der Waals surface area (Å²) in [4.78, 5) is 16.0. The molecule has 1 fully saturated rings. The van der Waals surface area contributed by atoms with E-state index in [0.29, 0.717) is 23.2 Å². The summed E-state index contributed by atoms with van der Waals surface area (Å²) >= 11 is 0. The molecular formula is C27H30N8. The second-order valence-electron chi connectivity index (χ2n) is 9.31. The summed E-state index contributed by atoms with van der Waals surface area (Å²) in [5.74, 6) is 0.475.